The minimum atomic E-state index is -0.619. The first-order valence-corrected chi connectivity index (χ1v) is 12.6. The zero-order valence-corrected chi connectivity index (χ0v) is 21.6. The van der Waals surface area contributed by atoms with E-state index >= 15 is 0 Å². The molecule has 1 N–H and O–H groups in total. The van der Waals surface area contributed by atoms with Crippen molar-refractivity contribution in [2.75, 3.05) is 27.4 Å². The number of nitrogens with one attached hydrogen (secondary N) is 1. The second-order valence-electron chi connectivity index (χ2n) is 8.02. The molecule has 0 aromatic heterocycles. The van der Waals surface area contributed by atoms with Crippen molar-refractivity contribution in [1.29, 1.82) is 0 Å². The topological polar surface area (TPSA) is 89.5 Å². The molecule has 0 saturated carbocycles. The summed E-state index contributed by atoms with van der Waals surface area (Å²) < 4.78 is 16.6. The van der Waals surface area contributed by atoms with Gasteiger partial charge in [-0.2, -0.15) is 0 Å². The molecule has 36 heavy (non-hydrogen) atoms. The summed E-state index contributed by atoms with van der Waals surface area (Å²) in [7, 11) is 3.16. The molecule has 2 heterocycles. The van der Waals surface area contributed by atoms with E-state index in [2.05, 4.69) is 5.32 Å². The first kappa shape index (κ1) is 25.4. The summed E-state index contributed by atoms with van der Waals surface area (Å²) in [5, 5.41) is 5.43. The van der Waals surface area contributed by atoms with Crippen LogP contribution in [0.1, 0.15) is 37.4 Å². The normalized spacial score (nSPS) is 16.7. The third kappa shape index (κ3) is 5.11. The van der Waals surface area contributed by atoms with Crippen LogP contribution in [-0.4, -0.2) is 49.3 Å². The van der Waals surface area contributed by atoms with Gasteiger partial charge in [0.2, 0.25) is 5.91 Å². The van der Waals surface area contributed by atoms with Crippen molar-refractivity contribution < 1.29 is 23.8 Å². The smallest absolute Gasteiger partial charge is 0.338 e. The van der Waals surface area contributed by atoms with Gasteiger partial charge < -0.3 is 24.4 Å². The highest BCUT2D eigenvalue weighted by atomic mass is 32.2. The second kappa shape index (κ2) is 11.3. The van der Waals surface area contributed by atoms with Crippen molar-refractivity contribution in [2.45, 2.75) is 26.3 Å². The molecule has 2 aliphatic rings. The number of amides is 1. The third-order valence-electron chi connectivity index (χ3n) is 5.76. The van der Waals surface area contributed by atoms with Crippen LogP contribution in [0.5, 0.6) is 11.5 Å². The lowest BCUT2D eigenvalue weighted by molar-refractivity contribution is -0.139. The number of carbonyl (C=O) groups is 2. The fraction of sp³-hybridized carbons (Fsp3) is 0.296. The number of methoxy groups -OCH3 is 2. The second-order valence-corrected chi connectivity index (χ2v) is 8.86. The number of amidine groups is 1. The van der Waals surface area contributed by atoms with Gasteiger partial charge in [-0.05, 0) is 37.0 Å². The van der Waals surface area contributed by atoms with E-state index in [1.54, 1.807) is 27.2 Å². The van der Waals surface area contributed by atoms with Gasteiger partial charge in [-0.1, -0.05) is 42.1 Å². The molecule has 1 unspecified atom stereocenters. The first-order chi connectivity index (χ1) is 17.5. The molecule has 1 amide bonds. The molecule has 0 bridgehead atoms. The Balaban J connectivity index is 1.95. The number of benzene rings is 2. The van der Waals surface area contributed by atoms with Crippen molar-refractivity contribution in [1.82, 2.24) is 10.2 Å². The number of esters is 1. The predicted molar refractivity (Wildman–Crippen MR) is 141 cm³/mol. The van der Waals surface area contributed by atoms with E-state index < -0.39 is 12.0 Å². The average Bonchev–Trinajstić information content (AvgIpc) is 3.30. The molecule has 2 aliphatic heterocycles. The minimum absolute atomic E-state index is 0.108. The number of carbonyl (C=O) groups excluding carboxylic acids is 2. The first-order valence-electron chi connectivity index (χ1n) is 11.7. The van der Waals surface area contributed by atoms with Crippen LogP contribution in [0.15, 0.2) is 70.2 Å². The van der Waals surface area contributed by atoms with Gasteiger partial charge in [-0.25, -0.2) is 9.79 Å². The molecule has 1 atom stereocenters. The molecule has 0 saturated heterocycles. The van der Waals surface area contributed by atoms with Crippen LogP contribution in [0.4, 0.5) is 0 Å². The average molecular weight is 508 g/mol. The highest BCUT2D eigenvalue weighted by Gasteiger charge is 2.42. The largest absolute Gasteiger partial charge is 0.497 e. The van der Waals surface area contributed by atoms with Gasteiger partial charge in [0.1, 0.15) is 11.5 Å². The van der Waals surface area contributed by atoms with Gasteiger partial charge in [0.25, 0.3) is 0 Å². The Kier molecular flexibility index (Phi) is 8.00. The Morgan fingerprint density at radius 2 is 1.75 bits per heavy atom. The fourth-order valence-corrected chi connectivity index (χ4v) is 5.13. The lowest BCUT2D eigenvalue weighted by Gasteiger charge is -2.37. The number of ether oxygens (including phenoxy) is 3. The standard InChI is InChI=1S/C27H29N3O5S/c1-5-28-22(31)14-19-16-36-27-29-24(17-10-8-7-9-11-17)23(26(32)35-6-2)25(30(19)27)18-12-20(33-3)15-21(13-18)34-4/h7-13,15-16,25H,5-6,14H2,1-4H3,(H,28,31). The maximum absolute atomic E-state index is 13.6. The summed E-state index contributed by atoms with van der Waals surface area (Å²) in [6.07, 6.45) is 0.147. The number of nitrogens with zero attached hydrogens (tertiary/aromatic N) is 2. The molecular weight excluding hydrogens is 478 g/mol. The summed E-state index contributed by atoms with van der Waals surface area (Å²) in [5.74, 6) is 0.585. The van der Waals surface area contributed by atoms with E-state index in [0.29, 0.717) is 34.5 Å². The van der Waals surface area contributed by atoms with Crippen molar-refractivity contribution in [2.24, 2.45) is 4.99 Å². The molecule has 9 heteroatoms. The summed E-state index contributed by atoms with van der Waals surface area (Å²) in [6, 6.07) is 14.4. The molecule has 0 spiro atoms. The van der Waals surface area contributed by atoms with Crippen molar-refractivity contribution >= 4 is 34.5 Å². The van der Waals surface area contributed by atoms with E-state index in [9.17, 15) is 9.59 Å². The zero-order chi connectivity index (χ0) is 25.7. The van der Waals surface area contributed by atoms with Crippen LogP contribution >= 0.6 is 11.8 Å². The van der Waals surface area contributed by atoms with Crippen LogP contribution in [-0.2, 0) is 14.3 Å². The van der Waals surface area contributed by atoms with Crippen LogP contribution in [0.3, 0.4) is 0 Å². The van der Waals surface area contributed by atoms with Gasteiger partial charge in [0.15, 0.2) is 5.17 Å². The number of hydrogen-bond acceptors (Lipinski definition) is 8. The summed E-state index contributed by atoms with van der Waals surface area (Å²) in [4.78, 5) is 32.9. The quantitative estimate of drug-likeness (QED) is 0.500. The zero-order valence-electron chi connectivity index (χ0n) is 20.7. The molecule has 2 aromatic rings. The summed E-state index contributed by atoms with van der Waals surface area (Å²) in [6.45, 7) is 4.39. The van der Waals surface area contributed by atoms with Crippen LogP contribution in [0, 0.1) is 0 Å². The van der Waals surface area contributed by atoms with Crippen LogP contribution in [0.2, 0.25) is 0 Å². The van der Waals surface area contributed by atoms with Crippen molar-refractivity contribution in [3.8, 4) is 11.5 Å². The van der Waals surface area contributed by atoms with Crippen LogP contribution in [0.25, 0.3) is 5.70 Å². The number of thioether (sulfide) groups is 1. The van der Waals surface area contributed by atoms with Crippen LogP contribution < -0.4 is 14.8 Å². The molecular formula is C27H29N3O5S. The SMILES string of the molecule is CCNC(=O)CC1=CSC2=NC(c3ccccc3)=C(C(=O)OCC)C(c3cc(OC)cc(OC)c3)N12. The van der Waals surface area contributed by atoms with Gasteiger partial charge in [-0.3, -0.25) is 4.79 Å². The lowest BCUT2D eigenvalue weighted by atomic mass is 9.91. The van der Waals surface area contributed by atoms with Crippen molar-refractivity contribution in [3.05, 3.63) is 76.3 Å². The Labute approximate surface area is 215 Å². The lowest BCUT2D eigenvalue weighted by Crippen LogP contribution is -2.38. The van der Waals surface area contributed by atoms with E-state index in [1.807, 2.05) is 59.7 Å². The molecule has 8 nitrogen and oxygen atoms in total. The maximum atomic E-state index is 13.6. The molecule has 0 aliphatic carbocycles. The molecule has 0 radical (unpaired) electrons. The number of rotatable bonds is 9. The molecule has 4 rings (SSSR count). The molecule has 2 aromatic carbocycles. The fourth-order valence-electron chi connectivity index (χ4n) is 4.22. The highest BCUT2D eigenvalue weighted by Crippen LogP contribution is 2.48. The Hall–Kier alpha value is -3.72. The Morgan fingerprint density at radius 1 is 1.06 bits per heavy atom. The van der Waals surface area contributed by atoms with Crippen molar-refractivity contribution in [3.63, 3.8) is 0 Å². The molecule has 0 fully saturated rings. The van der Waals surface area contributed by atoms with Gasteiger partial charge in [-0.15, -0.1) is 0 Å². The summed E-state index contributed by atoms with van der Waals surface area (Å²) >= 11 is 1.42. The summed E-state index contributed by atoms with van der Waals surface area (Å²) in [5.41, 5.74) is 3.20. The minimum Gasteiger partial charge on any atom is -0.497 e. The van der Waals surface area contributed by atoms with Gasteiger partial charge in [0.05, 0.1) is 44.6 Å². The van der Waals surface area contributed by atoms with Gasteiger partial charge >= 0.3 is 5.97 Å². The highest BCUT2D eigenvalue weighted by molar-refractivity contribution is 8.16. The number of fused-ring (bicyclic) bond motifs is 1. The number of hydrogen-bond donors (Lipinski definition) is 1. The molecule has 188 valence electrons. The van der Waals surface area contributed by atoms with E-state index in [0.717, 1.165) is 16.8 Å². The van der Waals surface area contributed by atoms with E-state index in [1.165, 1.54) is 11.8 Å². The van der Waals surface area contributed by atoms with E-state index in [4.69, 9.17) is 19.2 Å². The monoisotopic (exact) mass is 507 g/mol. The Bertz CT molecular complexity index is 1220. The maximum Gasteiger partial charge on any atom is 0.338 e. The van der Waals surface area contributed by atoms with E-state index in [-0.39, 0.29) is 18.9 Å². The third-order valence-corrected chi connectivity index (χ3v) is 6.65. The predicted octanol–water partition coefficient (Wildman–Crippen LogP) is 4.51. The van der Waals surface area contributed by atoms with Gasteiger partial charge in [0, 0.05) is 23.9 Å². The number of aliphatic imine (C=N–C) groups is 1. The Morgan fingerprint density at radius 3 is 2.36 bits per heavy atom.